The van der Waals surface area contributed by atoms with E-state index in [-0.39, 0.29) is 0 Å². The van der Waals surface area contributed by atoms with Gasteiger partial charge in [-0.05, 0) is 26.0 Å². The minimum absolute atomic E-state index is 0.776. The number of piperazine rings is 1. The molecule has 0 atom stereocenters. The Labute approximate surface area is 151 Å². The van der Waals surface area contributed by atoms with Gasteiger partial charge in [0, 0.05) is 64.8 Å². The number of nitrogens with zero attached hydrogens (tertiary/aromatic N) is 6. The third-order valence-corrected chi connectivity index (χ3v) is 5.32. The normalized spacial score (nSPS) is 19.7. The summed E-state index contributed by atoms with van der Waals surface area (Å²) in [6, 6.07) is 2.63. The highest BCUT2D eigenvalue weighted by atomic mass is 15.4. The Morgan fingerprint density at radius 1 is 1.20 bits per heavy atom. The van der Waals surface area contributed by atoms with Crippen molar-refractivity contribution in [3.63, 3.8) is 0 Å². The molecule has 1 aliphatic carbocycles. The molecule has 2 heterocycles. The van der Waals surface area contributed by atoms with Crippen molar-refractivity contribution in [2.75, 3.05) is 58.3 Å². The van der Waals surface area contributed by atoms with Gasteiger partial charge >= 0.3 is 0 Å². The van der Waals surface area contributed by atoms with E-state index >= 15 is 0 Å². The Kier molecular flexibility index (Phi) is 6.44. The number of guanidine groups is 1. The Morgan fingerprint density at radius 3 is 2.52 bits per heavy atom. The molecule has 0 bridgehead atoms. The molecule has 1 aromatic rings. The summed E-state index contributed by atoms with van der Waals surface area (Å²) in [7, 11) is 4.12. The van der Waals surface area contributed by atoms with Crippen LogP contribution in [0.3, 0.4) is 0 Å². The third kappa shape index (κ3) is 4.81. The number of hydrogen-bond donors (Lipinski definition) is 1. The van der Waals surface area contributed by atoms with E-state index in [1.807, 2.05) is 13.1 Å². The van der Waals surface area contributed by atoms with Gasteiger partial charge in [0.25, 0.3) is 0 Å². The van der Waals surface area contributed by atoms with E-state index in [0.29, 0.717) is 0 Å². The predicted molar refractivity (Wildman–Crippen MR) is 102 cm³/mol. The van der Waals surface area contributed by atoms with Crippen molar-refractivity contribution in [2.45, 2.75) is 31.7 Å². The Hall–Kier alpha value is -1.89. The highest BCUT2D eigenvalue weighted by molar-refractivity contribution is 5.80. The van der Waals surface area contributed by atoms with E-state index in [1.165, 1.54) is 25.7 Å². The number of rotatable bonds is 5. The van der Waals surface area contributed by atoms with E-state index in [0.717, 1.165) is 57.2 Å². The van der Waals surface area contributed by atoms with Crippen LogP contribution in [-0.4, -0.2) is 85.1 Å². The lowest BCUT2D eigenvalue weighted by atomic mass is 10.2. The van der Waals surface area contributed by atoms with E-state index in [1.54, 1.807) is 12.4 Å². The van der Waals surface area contributed by atoms with Gasteiger partial charge in [0.2, 0.25) is 5.95 Å². The molecule has 1 aromatic heterocycles. The minimum Gasteiger partial charge on any atom is -0.355 e. The molecular weight excluding hydrogens is 314 g/mol. The predicted octanol–water partition coefficient (Wildman–Crippen LogP) is 1.05. The second-order valence-corrected chi connectivity index (χ2v) is 6.92. The lowest BCUT2D eigenvalue weighted by molar-refractivity contribution is 0.248. The Morgan fingerprint density at radius 2 is 1.88 bits per heavy atom. The molecule has 2 fully saturated rings. The zero-order chi connectivity index (χ0) is 17.5. The van der Waals surface area contributed by atoms with Crippen molar-refractivity contribution < 1.29 is 0 Å². The molecule has 0 amide bonds. The molecule has 138 valence electrons. The first-order valence-corrected chi connectivity index (χ1v) is 9.45. The second kappa shape index (κ2) is 8.99. The first-order chi connectivity index (χ1) is 12.3. The van der Waals surface area contributed by atoms with E-state index in [2.05, 4.69) is 42.0 Å². The quantitative estimate of drug-likeness (QED) is 0.636. The van der Waals surface area contributed by atoms with Crippen LogP contribution in [0.5, 0.6) is 0 Å². The molecule has 25 heavy (non-hydrogen) atoms. The number of aromatic nitrogens is 2. The van der Waals surface area contributed by atoms with Gasteiger partial charge in [-0.15, -0.1) is 0 Å². The molecule has 7 nitrogen and oxygen atoms in total. The van der Waals surface area contributed by atoms with Crippen LogP contribution in [0.15, 0.2) is 23.5 Å². The Bertz CT molecular complexity index is 534. The summed E-state index contributed by atoms with van der Waals surface area (Å²) >= 11 is 0. The van der Waals surface area contributed by atoms with Crippen molar-refractivity contribution in [1.82, 2.24) is 25.1 Å². The highest BCUT2D eigenvalue weighted by Crippen LogP contribution is 2.21. The molecule has 1 saturated heterocycles. The van der Waals surface area contributed by atoms with Crippen LogP contribution in [0.25, 0.3) is 0 Å². The zero-order valence-electron chi connectivity index (χ0n) is 15.6. The molecule has 2 aliphatic rings. The third-order valence-electron chi connectivity index (χ3n) is 5.32. The van der Waals surface area contributed by atoms with Gasteiger partial charge in [-0.3, -0.25) is 4.99 Å². The van der Waals surface area contributed by atoms with Crippen molar-refractivity contribution >= 4 is 11.9 Å². The standard InChI is InChI=1S/C18H31N7/c1-19-17(22-10-11-23(2)16-6-3-4-7-16)24-12-14-25(15-13-24)18-20-8-5-9-21-18/h5,8-9,16H,3-4,6-7,10-15H2,1-2H3,(H,19,22). The lowest BCUT2D eigenvalue weighted by Crippen LogP contribution is -2.53. The number of anilines is 1. The number of aliphatic imine (C=N–C) groups is 1. The molecule has 1 saturated carbocycles. The summed E-state index contributed by atoms with van der Waals surface area (Å²) in [5, 5.41) is 3.53. The molecular formula is C18H31N7. The van der Waals surface area contributed by atoms with Gasteiger partial charge in [0.15, 0.2) is 5.96 Å². The largest absolute Gasteiger partial charge is 0.355 e. The topological polar surface area (TPSA) is 59.9 Å². The monoisotopic (exact) mass is 345 g/mol. The van der Waals surface area contributed by atoms with Crippen molar-refractivity contribution in [2.24, 2.45) is 4.99 Å². The van der Waals surface area contributed by atoms with Crippen molar-refractivity contribution in [3.05, 3.63) is 18.5 Å². The molecule has 7 heteroatoms. The van der Waals surface area contributed by atoms with Crippen LogP contribution in [0.1, 0.15) is 25.7 Å². The molecule has 0 spiro atoms. The van der Waals surface area contributed by atoms with E-state index in [9.17, 15) is 0 Å². The van der Waals surface area contributed by atoms with Crippen LogP contribution in [0.4, 0.5) is 5.95 Å². The van der Waals surface area contributed by atoms with Crippen LogP contribution in [-0.2, 0) is 0 Å². The summed E-state index contributed by atoms with van der Waals surface area (Å²) in [6.45, 7) is 5.75. The van der Waals surface area contributed by atoms with Crippen molar-refractivity contribution in [1.29, 1.82) is 0 Å². The molecule has 1 aliphatic heterocycles. The summed E-state index contributed by atoms with van der Waals surface area (Å²) in [4.78, 5) is 20.2. The summed E-state index contributed by atoms with van der Waals surface area (Å²) < 4.78 is 0. The Balaban J connectivity index is 1.41. The first-order valence-electron chi connectivity index (χ1n) is 9.45. The van der Waals surface area contributed by atoms with Crippen LogP contribution < -0.4 is 10.2 Å². The maximum atomic E-state index is 4.47. The molecule has 3 rings (SSSR count). The van der Waals surface area contributed by atoms with E-state index < -0.39 is 0 Å². The van der Waals surface area contributed by atoms with E-state index in [4.69, 9.17) is 0 Å². The summed E-state index contributed by atoms with van der Waals surface area (Å²) in [5.74, 6) is 1.83. The average molecular weight is 345 g/mol. The fraction of sp³-hybridized carbons (Fsp3) is 0.722. The molecule has 0 radical (unpaired) electrons. The van der Waals surface area contributed by atoms with Gasteiger partial charge < -0.3 is 20.0 Å². The summed E-state index contributed by atoms with van der Waals surface area (Å²) in [6.07, 6.45) is 9.09. The van der Waals surface area contributed by atoms with Crippen LogP contribution >= 0.6 is 0 Å². The van der Waals surface area contributed by atoms with Crippen molar-refractivity contribution in [3.8, 4) is 0 Å². The minimum atomic E-state index is 0.776. The number of hydrogen-bond acceptors (Lipinski definition) is 5. The zero-order valence-corrected chi connectivity index (χ0v) is 15.6. The van der Waals surface area contributed by atoms with Gasteiger partial charge in [-0.1, -0.05) is 12.8 Å². The van der Waals surface area contributed by atoms with Gasteiger partial charge in [-0.2, -0.15) is 0 Å². The average Bonchev–Trinajstić information content (AvgIpc) is 3.21. The fourth-order valence-corrected chi connectivity index (χ4v) is 3.78. The smallest absolute Gasteiger partial charge is 0.225 e. The molecule has 0 unspecified atom stereocenters. The maximum Gasteiger partial charge on any atom is 0.225 e. The van der Waals surface area contributed by atoms with Gasteiger partial charge in [0.1, 0.15) is 0 Å². The van der Waals surface area contributed by atoms with Gasteiger partial charge in [0.05, 0.1) is 0 Å². The van der Waals surface area contributed by atoms with Crippen LogP contribution in [0.2, 0.25) is 0 Å². The first kappa shape index (κ1) is 17.9. The lowest BCUT2D eigenvalue weighted by Gasteiger charge is -2.36. The van der Waals surface area contributed by atoms with Crippen LogP contribution in [0, 0.1) is 0 Å². The summed E-state index contributed by atoms with van der Waals surface area (Å²) in [5.41, 5.74) is 0. The second-order valence-electron chi connectivity index (χ2n) is 6.92. The number of likely N-dealkylation sites (N-methyl/N-ethyl adjacent to an activating group) is 1. The van der Waals surface area contributed by atoms with Gasteiger partial charge in [-0.25, -0.2) is 9.97 Å². The molecule has 1 N–H and O–H groups in total. The highest BCUT2D eigenvalue weighted by Gasteiger charge is 2.22. The maximum absolute atomic E-state index is 4.47. The SMILES string of the molecule is CN=C(NCCN(C)C1CCCC1)N1CCN(c2ncccn2)CC1. The number of nitrogens with one attached hydrogen (secondary N) is 1. The molecule has 0 aromatic carbocycles. The fourth-order valence-electron chi connectivity index (χ4n) is 3.78.